The Morgan fingerprint density at radius 1 is 1.42 bits per heavy atom. The van der Waals surface area contributed by atoms with Crippen LogP contribution in [0.2, 0.25) is 0 Å². The normalized spacial score (nSPS) is 10.5. The van der Waals surface area contributed by atoms with E-state index < -0.39 is 0 Å². The highest BCUT2D eigenvalue weighted by Gasteiger charge is 1.96. The molecule has 0 saturated heterocycles. The first kappa shape index (κ1) is 11.2. The van der Waals surface area contributed by atoms with E-state index in [0.29, 0.717) is 6.42 Å². The first-order valence-corrected chi connectivity index (χ1v) is 4.69. The lowest BCUT2D eigenvalue weighted by molar-refractivity contribution is -0.121. The average molecular weight is 169 g/mol. The van der Waals surface area contributed by atoms with Crippen molar-refractivity contribution in [3.8, 4) is 0 Å². The van der Waals surface area contributed by atoms with Crippen LogP contribution in [0, 0.1) is 0 Å². The molecule has 1 amide bonds. The van der Waals surface area contributed by atoms with Gasteiger partial charge in [0.15, 0.2) is 0 Å². The second-order valence-corrected chi connectivity index (χ2v) is 2.77. The van der Waals surface area contributed by atoms with E-state index in [9.17, 15) is 4.79 Å². The summed E-state index contributed by atoms with van der Waals surface area (Å²) >= 11 is 0. The third-order valence-corrected chi connectivity index (χ3v) is 1.63. The van der Waals surface area contributed by atoms with Crippen molar-refractivity contribution in [2.45, 2.75) is 39.5 Å². The van der Waals surface area contributed by atoms with Crippen molar-refractivity contribution < 1.29 is 4.79 Å². The Kier molecular flexibility index (Phi) is 7.76. The predicted octanol–water partition coefficient (Wildman–Crippen LogP) is 2.26. The fourth-order valence-corrected chi connectivity index (χ4v) is 1.000. The van der Waals surface area contributed by atoms with E-state index in [1.807, 2.05) is 19.9 Å². The molecule has 0 bridgehead atoms. The Labute approximate surface area is 75.0 Å². The molecule has 0 unspecified atom stereocenters. The minimum absolute atomic E-state index is 0.179. The summed E-state index contributed by atoms with van der Waals surface area (Å²) in [5.41, 5.74) is 0. The molecule has 0 fully saturated rings. The van der Waals surface area contributed by atoms with Crippen LogP contribution in [-0.2, 0) is 4.79 Å². The number of hydrogen-bond donors (Lipinski definition) is 1. The highest BCUT2D eigenvalue weighted by Crippen LogP contribution is 2.00. The smallest absolute Gasteiger partial charge is 0.219 e. The molecule has 2 nitrogen and oxygen atoms in total. The fraction of sp³-hybridized carbons (Fsp3) is 0.700. The van der Waals surface area contributed by atoms with Gasteiger partial charge in [0.25, 0.3) is 0 Å². The van der Waals surface area contributed by atoms with Gasteiger partial charge in [-0.25, -0.2) is 0 Å². The van der Waals surface area contributed by atoms with Crippen LogP contribution in [0.15, 0.2) is 12.2 Å². The fourth-order valence-electron chi connectivity index (χ4n) is 1.000. The van der Waals surface area contributed by atoms with Gasteiger partial charge in [-0.2, -0.15) is 0 Å². The zero-order chi connectivity index (χ0) is 9.23. The quantitative estimate of drug-likeness (QED) is 0.479. The maximum Gasteiger partial charge on any atom is 0.219 e. The van der Waals surface area contributed by atoms with E-state index >= 15 is 0 Å². The van der Waals surface area contributed by atoms with Gasteiger partial charge in [0, 0.05) is 13.0 Å². The highest BCUT2D eigenvalue weighted by atomic mass is 16.1. The summed E-state index contributed by atoms with van der Waals surface area (Å²) in [6, 6.07) is 0. The van der Waals surface area contributed by atoms with E-state index in [-0.39, 0.29) is 5.91 Å². The number of carbonyl (C=O) groups is 1. The minimum atomic E-state index is 0.179. The summed E-state index contributed by atoms with van der Waals surface area (Å²) in [6.45, 7) is 4.70. The second-order valence-electron chi connectivity index (χ2n) is 2.77. The van der Waals surface area contributed by atoms with Crippen LogP contribution in [0.3, 0.4) is 0 Å². The molecule has 12 heavy (non-hydrogen) atoms. The summed E-state index contributed by atoms with van der Waals surface area (Å²) in [6.07, 6.45) is 8.06. The third kappa shape index (κ3) is 7.32. The Bertz CT molecular complexity index is 141. The Balaban J connectivity index is 3.13. The topological polar surface area (TPSA) is 29.1 Å². The Morgan fingerprint density at radius 2 is 2.17 bits per heavy atom. The van der Waals surface area contributed by atoms with Crippen molar-refractivity contribution in [3.05, 3.63) is 12.2 Å². The number of nitrogens with one attached hydrogen (secondary N) is 1. The molecule has 0 atom stereocenters. The molecule has 0 saturated carbocycles. The van der Waals surface area contributed by atoms with Gasteiger partial charge in [-0.3, -0.25) is 4.79 Å². The minimum Gasteiger partial charge on any atom is -0.356 e. The van der Waals surface area contributed by atoms with Crippen LogP contribution in [0.5, 0.6) is 0 Å². The maximum atomic E-state index is 10.9. The molecule has 0 aromatic rings. The molecule has 70 valence electrons. The second kappa shape index (κ2) is 8.31. The van der Waals surface area contributed by atoms with Crippen molar-refractivity contribution in [2.75, 3.05) is 6.54 Å². The lowest BCUT2D eigenvalue weighted by Gasteiger charge is -1.99. The SMILES string of the molecule is C/C=C\CCCCC(=O)NCC. The molecule has 0 aromatic heterocycles. The first-order chi connectivity index (χ1) is 5.81. The third-order valence-electron chi connectivity index (χ3n) is 1.63. The van der Waals surface area contributed by atoms with Crippen molar-refractivity contribution in [3.63, 3.8) is 0 Å². The van der Waals surface area contributed by atoms with Gasteiger partial charge in [-0.15, -0.1) is 0 Å². The van der Waals surface area contributed by atoms with Crippen LogP contribution in [0.25, 0.3) is 0 Å². The molecule has 0 aliphatic heterocycles. The monoisotopic (exact) mass is 169 g/mol. The largest absolute Gasteiger partial charge is 0.356 e. The molecule has 1 N–H and O–H groups in total. The van der Waals surface area contributed by atoms with Crippen molar-refractivity contribution >= 4 is 5.91 Å². The summed E-state index contributed by atoms with van der Waals surface area (Å²) < 4.78 is 0. The van der Waals surface area contributed by atoms with Gasteiger partial charge in [0.1, 0.15) is 0 Å². The summed E-state index contributed by atoms with van der Waals surface area (Å²) in [5, 5.41) is 2.78. The molecule has 0 aliphatic carbocycles. The van der Waals surface area contributed by atoms with E-state index in [0.717, 1.165) is 25.8 Å². The van der Waals surface area contributed by atoms with Gasteiger partial charge in [0.2, 0.25) is 5.91 Å². The molecule has 2 heteroatoms. The number of amides is 1. The first-order valence-electron chi connectivity index (χ1n) is 4.69. The Hall–Kier alpha value is -0.790. The standard InChI is InChI=1S/C10H19NO/c1-3-5-6-7-8-9-10(12)11-4-2/h3,5H,4,6-9H2,1-2H3,(H,11,12)/b5-3-. The number of unbranched alkanes of at least 4 members (excludes halogenated alkanes) is 2. The Morgan fingerprint density at radius 3 is 2.75 bits per heavy atom. The van der Waals surface area contributed by atoms with E-state index in [1.54, 1.807) is 0 Å². The van der Waals surface area contributed by atoms with Gasteiger partial charge in [-0.1, -0.05) is 12.2 Å². The highest BCUT2D eigenvalue weighted by molar-refractivity contribution is 5.75. The zero-order valence-corrected chi connectivity index (χ0v) is 8.10. The zero-order valence-electron chi connectivity index (χ0n) is 8.10. The molecule has 0 spiro atoms. The van der Waals surface area contributed by atoms with E-state index in [2.05, 4.69) is 11.4 Å². The molecule has 0 aromatic carbocycles. The maximum absolute atomic E-state index is 10.9. The lowest BCUT2D eigenvalue weighted by atomic mass is 10.2. The van der Waals surface area contributed by atoms with E-state index in [1.165, 1.54) is 0 Å². The molecule has 0 heterocycles. The van der Waals surface area contributed by atoms with E-state index in [4.69, 9.17) is 0 Å². The lowest BCUT2D eigenvalue weighted by Crippen LogP contribution is -2.21. The van der Waals surface area contributed by atoms with Crippen LogP contribution >= 0.6 is 0 Å². The van der Waals surface area contributed by atoms with Gasteiger partial charge >= 0.3 is 0 Å². The molecular weight excluding hydrogens is 150 g/mol. The number of allylic oxidation sites excluding steroid dienone is 2. The van der Waals surface area contributed by atoms with Crippen molar-refractivity contribution in [1.82, 2.24) is 5.32 Å². The molecule has 0 aliphatic rings. The molecular formula is C10H19NO. The van der Waals surface area contributed by atoms with Crippen LogP contribution < -0.4 is 5.32 Å². The van der Waals surface area contributed by atoms with Gasteiger partial charge < -0.3 is 5.32 Å². The van der Waals surface area contributed by atoms with Crippen LogP contribution in [0.4, 0.5) is 0 Å². The number of hydrogen-bond acceptors (Lipinski definition) is 1. The van der Waals surface area contributed by atoms with Gasteiger partial charge in [-0.05, 0) is 33.1 Å². The number of rotatable bonds is 6. The average Bonchev–Trinajstić information content (AvgIpc) is 2.05. The molecule has 0 rings (SSSR count). The summed E-state index contributed by atoms with van der Waals surface area (Å²) in [5.74, 6) is 0.179. The van der Waals surface area contributed by atoms with Crippen LogP contribution in [-0.4, -0.2) is 12.5 Å². The van der Waals surface area contributed by atoms with Crippen LogP contribution in [0.1, 0.15) is 39.5 Å². The van der Waals surface area contributed by atoms with Gasteiger partial charge in [0.05, 0.1) is 0 Å². The molecule has 0 radical (unpaired) electrons. The number of carbonyl (C=O) groups excluding carboxylic acids is 1. The van der Waals surface area contributed by atoms with Crippen molar-refractivity contribution in [2.24, 2.45) is 0 Å². The summed E-state index contributed by atoms with van der Waals surface area (Å²) in [4.78, 5) is 10.9. The predicted molar refractivity (Wildman–Crippen MR) is 52.0 cm³/mol. The van der Waals surface area contributed by atoms with Crippen molar-refractivity contribution in [1.29, 1.82) is 0 Å². The summed E-state index contributed by atoms with van der Waals surface area (Å²) in [7, 11) is 0.